The van der Waals surface area contributed by atoms with E-state index < -0.39 is 0 Å². The molecule has 17 heavy (non-hydrogen) atoms. The van der Waals surface area contributed by atoms with Crippen molar-refractivity contribution in [3.63, 3.8) is 0 Å². The summed E-state index contributed by atoms with van der Waals surface area (Å²) in [6, 6.07) is -0.128. The Morgan fingerprint density at radius 1 is 1.29 bits per heavy atom. The van der Waals surface area contributed by atoms with Crippen molar-refractivity contribution in [2.45, 2.75) is 34.6 Å². The Balaban J connectivity index is 3.77. The Morgan fingerprint density at radius 2 is 1.88 bits per heavy atom. The minimum Gasteiger partial charge on any atom is -0.337 e. The highest BCUT2D eigenvalue weighted by molar-refractivity contribution is 5.74. The van der Waals surface area contributed by atoms with Crippen molar-refractivity contribution in [2.24, 2.45) is 5.92 Å². The van der Waals surface area contributed by atoms with Gasteiger partial charge in [0.25, 0.3) is 0 Å². The second-order valence-corrected chi connectivity index (χ2v) is 4.47. The van der Waals surface area contributed by atoms with Gasteiger partial charge in [-0.3, -0.25) is 0 Å². The summed E-state index contributed by atoms with van der Waals surface area (Å²) in [6.07, 6.45) is 1.78. The van der Waals surface area contributed by atoms with Crippen molar-refractivity contribution >= 4 is 6.03 Å². The summed E-state index contributed by atoms with van der Waals surface area (Å²) in [4.78, 5) is 13.7. The average Bonchev–Trinajstić information content (AvgIpc) is 2.31. The molecule has 0 saturated heterocycles. The smallest absolute Gasteiger partial charge is 0.318 e. The molecule has 0 saturated carbocycles. The van der Waals surface area contributed by atoms with Crippen molar-refractivity contribution in [1.82, 2.24) is 15.5 Å². The highest BCUT2D eigenvalue weighted by atomic mass is 16.2. The van der Waals surface area contributed by atoms with Gasteiger partial charge in [-0.15, -0.1) is 0 Å². The highest BCUT2D eigenvalue weighted by Gasteiger charge is 2.01. The second-order valence-electron chi connectivity index (χ2n) is 4.47. The first-order valence-corrected chi connectivity index (χ1v) is 6.44. The molecule has 0 aromatic rings. The molecule has 0 heterocycles. The standard InChI is InChI=1S/C13H27N3O/c1-6-16(7-2)9-8-14-13(17)15-10-12(5)11(3)4/h10-11H,6-9H2,1-5H3,(H2,14,15,17)/b12-10+. The van der Waals surface area contributed by atoms with E-state index in [2.05, 4.69) is 43.2 Å². The van der Waals surface area contributed by atoms with Crippen molar-refractivity contribution < 1.29 is 4.79 Å². The number of nitrogens with one attached hydrogen (secondary N) is 2. The number of hydrogen-bond acceptors (Lipinski definition) is 2. The van der Waals surface area contributed by atoms with Gasteiger partial charge in [0.15, 0.2) is 0 Å². The van der Waals surface area contributed by atoms with E-state index in [1.807, 2.05) is 6.92 Å². The van der Waals surface area contributed by atoms with Crippen LogP contribution < -0.4 is 10.6 Å². The average molecular weight is 241 g/mol. The molecule has 0 aliphatic rings. The molecule has 0 rings (SSSR count). The van der Waals surface area contributed by atoms with Gasteiger partial charge in [-0.2, -0.15) is 0 Å². The monoisotopic (exact) mass is 241 g/mol. The summed E-state index contributed by atoms with van der Waals surface area (Å²) in [6.45, 7) is 14.1. The zero-order valence-electron chi connectivity index (χ0n) is 11.8. The van der Waals surface area contributed by atoms with Gasteiger partial charge in [0, 0.05) is 19.3 Å². The van der Waals surface area contributed by atoms with Crippen LogP contribution in [-0.4, -0.2) is 37.1 Å². The van der Waals surface area contributed by atoms with Crippen LogP contribution >= 0.6 is 0 Å². The number of allylic oxidation sites excluding steroid dienone is 1. The zero-order valence-corrected chi connectivity index (χ0v) is 11.8. The summed E-state index contributed by atoms with van der Waals surface area (Å²) in [7, 11) is 0. The topological polar surface area (TPSA) is 44.4 Å². The van der Waals surface area contributed by atoms with Gasteiger partial charge in [-0.05, 0) is 25.9 Å². The molecule has 0 aliphatic carbocycles. The SMILES string of the molecule is CCN(CC)CCNC(=O)N/C=C(\C)C(C)C. The van der Waals surface area contributed by atoms with Gasteiger partial charge >= 0.3 is 6.03 Å². The number of carbonyl (C=O) groups is 1. The lowest BCUT2D eigenvalue weighted by Gasteiger charge is -2.17. The van der Waals surface area contributed by atoms with E-state index in [9.17, 15) is 4.79 Å². The lowest BCUT2D eigenvalue weighted by atomic mass is 10.1. The fourth-order valence-electron chi connectivity index (χ4n) is 1.26. The summed E-state index contributed by atoms with van der Waals surface area (Å²) >= 11 is 0. The number of hydrogen-bond donors (Lipinski definition) is 2. The predicted octanol–water partition coefficient (Wildman–Crippen LogP) is 2.19. The summed E-state index contributed by atoms with van der Waals surface area (Å²) in [5.41, 5.74) is 1.17. The molecule has 4 nitrogen and oxygen atoms in total. The predicted molar refractivity (Wildman–Crippen MR) is 72.9 cm³/mol. The van der Waals surface area contributed by atoms with Crippen LogP contribution in [0.2, 0.25) is 0 Å². The minimum absolute atomic E-state index is 0.128. The maximum Gasteiger partial charge on any atom is 0.318 e. The normalized spacial score (nSPS) is 12.1. The molecule has 0 aromatic carbocycles. The Hall–Kier alpha value is -1.03. The first-order chi connectivity index (χ1) is 8.01. The second kappa shape index (κ2) is 9.05. The fourth-order valence-corrected chi connectivity index (χ4v) is 1.26. The van der Waals surface area contributed by atoms with Crippen LogP contribution in [0.1, 0.15) is 34.6 Å². The van der Waals surface area contributed by atoms with Crippen molar-refractivity contribution in [2.75, 3.05) is 26.2 Å². The van der Waals surface area contributed by atoms with Crippen LogP contribution in [0.25, 0.3) is 0 Å². The van der Waals surface area contributed by atoms with Crippen LogP contribution in [0.5, 0.6) is 0 Å². The summed E-state index contributed by atoms with van der Waals surface area (Å²) in [5.74, 6) is 0.464. The van der Waals surface area contributed by atoms with Gasteiger partial charge in [0.05, 0.1) is 0 Å². The molecule has 0 bridgehead atoms. The third kappa shape index (κ3) is 7.80. The number of nitrogens with zero attached hydrogens (tertiary/aromatic N) is 1. The van der Waals surface area contributed by atoms with Crippen LogP contribution in [0, 0.1) is 5.92 Å². The first-order valence-electron chi connectivity index (χ1n) is 6.44. The molecule has 0 aromatic heterocycles. The number of urea groups is 1. The lowest BCUT2D eigenvalue weighted by molar-refractivity contribution is 0.240. The van der Waals surface area contributed by atoms with E-state index in [0.29, 0.717) is 12.5 Å². The molecular formula is C13H27N3O. The molecule has 0 atom stereocenters. The van der Waals surface area contributed by atoms with Crippen molar-refractivity contribution in [3.8, 4) is 0 Å². The van der Waals surface area contributed by atoms with Crippen LogP contribution in [0.15, 0.2) is 11.8 Å². The van der Waals surface area contributed by atoms with E-state index in [0.717, 1.165) is 19.6 Å². The third-order valence-corrected chi connectivity index (χ3v) is 2.95. The lowest BCUT2D eigenvalue weighted by Crippen LogP contribution is -2.38. The van der Waals surface area contributed by atoms with Gasteiger partial charge in [-0.1, -0.05) is 33.3 Å². The molecular weight excluding hydrogens is 214 g/mol. The van der Waals surface area contributed by atoms with E-state index >= 15 is 0 Å². The molecule has 2 amide bonds. The van der Waals surface area contributed by atoms with E-state index in [1.54, 1.807) is 6.20 Å². The van der Waals surface area contributed by atoms with Gasteiger partial charge < -0.3 is 15.5 Å². The fraction of sp³-hybridized carbons (Fsp3) is 0.769. The number of likely N-dealkylation sites (N-methyl/N-ethyl adjacent to an activating group) is 1. The zero-order chi connectivity index (χ0) is 13.3. The highest BCUT2D eigenvalue weighted by Crippen LogP contribution is 2.05. The molecule has 2 N–H and O–H groups in total. The maximum atomic E-state index is 11.4. The third-order valence-electron chi connectivity index (χ3n) is 2.95. The van der Waals surface area contributed by atoms with Gasteiger partial charge in [0.1, 0.15) is 0 Å². The Bertz CT molecular complexity index is 245. The number of carbonyl (C=O) groups excluding carboxylic acids is 1. The largest absolute Gasteiger partial charge is 0.337 e. The van der Waals surface area contributed by atoms with Gasteiger partial charge in [0.2, 0.25) is 0 Å². The van der Waals surface area contributed by atoms with Crippen molar-refractivity contribution in [1.29, 1.82) is 0 Å². The van der Waals surface area contributed by atoms with Crippen LogP contribution in [0.4, 0.5) is 4.79 Å². The molecule has 0 spiro atoms. The van der Waals surface area contributed by atoms with Crippen molar-refractivity contribution in [3.05, 3.63) is 11.8 Å². The molecule has 4 heteroatoms. The van der Waals surface area contributed by atoms with E-state index in [4.69, 9.17) is 0 Å². The summed E-state index contributed by atoms with van der Waals surface area (Å²) in [5, 5.41) is 5.58. The van der Waals surface area contributed by atoms with Crippen LogP contribution in [-0.2, 0) is 0 Å². The quantitative estimate of drug-likeness (QED) is 0.717. The summed E-state index contributed by atoms with van der Waals surface area (Å²) < 4.78 is 0. The van der Waals surface area contributed by atoms with E-state index in [-0.39, 0.29) is 6.03 Å². The Kier molecular flexibility index (Phi) is 8.50. The maximum absolute atomic E-state index is 11.4. The minimum atomic E-state index is -0.128. The number of amides is 2. The first kappa shape index (κ1) is 16.0. The molecule has 100 valence electrons. The van der Waals surface area contributed by atoms with E-state index in [1.165, 1.54) is 5.57 Å². The van der Waals surface area contributed by atoms with Gasteiger partial charge in [-0.25, -0.2) is 4.79 Å². The Labute approximate surface area is 105 Å². The molecule has 0 unspecified atom stereocenters. The molecule has 0 fully saturated rings. The Morgan fingerprint density at radius 3 is 2.35 bits per heavy atom. The molecule has 0 radical (unpaired) electrons. The molecule has 0 aliphatic heterocycles. The van der Waals surface area contributed by atoms with Crippen LogP contribution in [0.3, 0.4) is 0 Å². The number of rotatable bonds is 7.